The third-order valence-corrected chi connectivity index (χ3v) is 7.31. The van der Waals surface area contributed by atoms with Crippen molar-refractivity contribution in [3.05, 3.63) is 114 Å². The molecule has 0 aliphatic rings. The predicted molar refractivity (Wildman–Crippen MR) is 163 cm³/mol. The monoisotopic (exact) mass is 530 g/mol. The number of imidazole rings is 2. The number of carboxylic acids is 1. The minimum atomic E-state index is -0.993. The number of hydrogen-bond donors (Lipinski definition) is 1. The molecule has 0 aliphatic heterocycles. The fourth-order valence-corrected chi connectivity index (χ4v) is 5.36. The zero-order chi connectivity index (χ0) is 28.4. The van der Waals surface area contributed by atoms with Crippen LogP contribution in [0.3, 0.4) is 0 Å². The standard InChI is InChI=1S/C34H34N4O2/c1-6-11-27(26(8-3)34(39)40)24-17-15-23(16-18-24)21-38-30-20-25(19-22(4)32(30)36-31(38)12-7-2)33-35-28-13-9-10-14-29(28)37(33)5/h6,8-11,13-20H,3,7,12,21H2,1-2,4-5H3,(H,39,40)/b11-6-,27-26-. The Labute approximate surface area is 234 Å². The number of aromatic nitrogens is 4. The summed E-state index contributed by atoms with van der Waals surface area (Å²) in [6.07, 6.45) is 6.92. The number of aryl methyl sites for hydroxylation is 3. The summed E-state index contributed by atoms with van der Waals surface area (Å²) in [5.41, 5.74) is 9.14. The maximum atomic E-state index is 11.8. The van der Waals surface area contributed by atoms with Gasteiger partial charge in [-0.25, -0.2) is 14.8 Å². The highest BCUT2D eigenvalue weighted by molar-refractivity contribution is 6.01. The average Bonchev–Trinajstić information content (AvgIpc) is 3.47. The highest BCUT2D eigenvalue weighted by atomic mass is 16.4. The molecule has 3 aromatic carbocycles. The number of hydrogen-bond acceptors (Lipinski definition) is 3. The fourth-order valence-electron chi connectivity index (χ4n) is 5.36. The van der Waals surface area contributed by atoms with Gasteiger partial charge in [-0.05, 0) is 66.8 Å². The van der Waals surface area contributed by atoms with Crippen LogP contribution in [0.1, 0.15) is 42.8 Å². The summed E-state index contributed by atoms with van der Waals surface area (Å²) in [6, 6.07) is 20.7. The second-order valence-corrected chi connectivity index (χ2v) is 10.0. The van der Waals surface area contributed by atoms with E-state index in [1.807, 2.05) is 49.4 Å². The summed E-state index contributed by atoms with van der Waals surface area (Å²) in [5, 5.41) is 9.65. The molecule has 0 atom stereocenters. The summed E-state index contributed by atoms with van der Waals surface area (Å²) in [5.74, 6) is 0.995. The van der Waals surface area contributed by atoms with E-state index >= 15 is 0 Å². The zero-order valence-corrected chi connectivity index (χ0v) is 23.5. The summed E-state index contributed by atoms with van der Waals surface area (Å²) in [4.78, 5) is 21.8. The number of benzene rings is 3. The molecule has 0 bridgehead atoms. The lowest BCUT2D eigenvalue weighted by molar-refractivity contribution is -0.132. The van der Waals surface area contributed by atoms with Gasteiger partial charge in [0, 0.05) is 25.6 Å². The number of allylic oxidation sites excluding steroid dienone is 3. The first-order chi connectivity index (χ1) is 19.4. The topological polar surface area (TPSA) is 72.9 Å². The first-order valence-corrected chi connectivity index (χ1v) is 13.6. The van der Waals surface area contributed by atoms with Gasteiger partial charge in [0.1, 0.15) is 11.6 Å². The van der Waals surface area contributed by atoms with Crippen molar-refractivity contribution in [3.8, 4) is 11.4 Å². The first-order valence-electron chi connectivity index (χ1n) is 13.6. The maximum Gasteiger partial charge on any atom is 0.336 e. The summed E-state index contributed by atoms with van der Waals surface area (Å²) < 4.78 is 4.45. The molecule has 6 heteroatoms. The number of carboxylic acid groups (broad SMARTS) is 1. The van der Waals surface area contributed by atoms with E-state index in [1.165, 1.54) is 6.08 Å². The Hall–Kier alpha value is -4.71. The van der Waals surface area contributed by atoms with Gasteiger partial charge in [-0.1, -0.05) is 68.1 Å². The zero-order valence-electron chi connectivity index (χ0n) is 23.5. The molecular weight excluding hydrogens is 496 g/mol. The van der Waals surface area contributed by atoms with Crippen LogP contribution in [0.4, 0.5) is 0 Å². The number of rotatable bonds is 9. The van der Waals surface area contributed by atoms with Crippen LogP contribution in [0.25, 0.3) is 39.0 Å². The predicted octanol–water partition coefficient (Wildman–Crippen LogP) is 7.50. The molecule has 0 aliphatic carbocycles. The van der Waals surface area contributed by atoms with Crippen molar-refractivity contribution in [2.24, 2.45) is 7.05 Å². The molecule has 2 aromatic heterocycles. The Bertz CT molecular complexity index is 1800. The molecule has 0 saturated heterocycles. The number of aliphatic carboxylic acids is 1. The van der Waals surface area contributed by atoms with Crippen LogP contribution in [0.15, 0.2) is 91.0 Å². The van der Waals surface area contributed by atoms with Gasteiger partial charge in [-0.2, -0.15) is 0 Å². The number of para-hydroxylation sites is 2. The molecule has 40 heavy (non-hydrogen) atoms. The number of fused-ring (bicyclic) bond motifs is 2. The fraction of sp³-hybridized carbons (Fsp3) is 0.206. The lowest BCUT2D eigenvalue weighted by atomic mass is 9.98. The van der Waals surface area contributed by atoms with Crippen molar-refractivity contribution in [1.82, 2.24) is 19.1 Å². The van der Waals surface area contributed by atoms with Gasteiger partial charge in [0.15, 0.2) is 0 Å². The Morgan fingerprint density at radius 1 is 1.05 bits per heavy atom. The van der Waals surface area contributed by atoms with Crippen LogP contribution in [-0.4, -0.2) is 30.2 Å². The molecule has 6 nitrogen and oxygen atoms in total. The second-order valence-electron chi connectivity index (χ2n) is 10.0. The van der Waals surface area contributed by atoms with Crippen LogP contribution < -0.4 is 0 Å². The van der Waals surface area contributed by atoms with E-state index in [2.05, 4.69) is 66.9 Å². The average molecular weight is 531 g/mol. The minimum absolute atomic E-state index is 0.182. The van der Waals surface area contributed by atoms with Gasteiger partial charge in [0.25, 0.3) is 0 Å². The van der Waals surface area contributed by atoms with Crippen molar-refractivity contribution in [2.75, 3.05) is 0 Å². The molecule has 2 heterocycles. The second kappa shape index (κ2) is 11.2. The van der Waals surface area contributed by atoms with Gasteiger partial charge in [0.05, 0.1) is 27.6 Å². The van der Waals surface area contributed by atoms with Crippen LogP contribution in [-0.2, 0) is 24.8 Å². The Balaban J connectivity index is 1.59. The molecule has 0 amide bonds. The third-order valence-electron chi connectivity index (χ3n) is 7.31. The Morgan fingerprint density at radius 3 is 2.45 bits per heavy atom. The van der Waals surface area contributed by atoms with Crippen molar-refractivity contribution >= 4 is 33.6 Å². The normalized spacial score (nSPS) is 12.4. The summed E-state index contributed by atoms with van der Waals surface area (Å²) >= 11 is 0. The van der Waals surface area contributed by atoms with Gasteiger partial charge >= 0.3 is 5.97 Å². The van der Waals surface area contributed by atoms with Crippen LogP contribution in [0.5, 0.6) is 0 Å². The molecule has 0 unspecified atom stereocenters. The van der Waals surface area contributed by atoms with Gasteiger partial charge in [-0.15, -0.1) is 0 Å². The number of carbonyl (C=O) groups is 1. The smallest absolute Gasteiger partial charge is 0.336 e. The molecule has 0 saturated carbocycles. The van der Waals surface area contributed by atoms with E-state index < -0.39 is 5.97 Å². The van der Waals surface area contributed by atoms with Crippen LogP contribution in [0, 0.1) is 6.92 Å². The van der Waals surface area contributed by atoms with E-state index in [0.717, 1.165) is 68.8 Å². The summed E-state index contributed by atoms with van der Waals surface area (Å²) in [6.45, 7) is 10.5. The lowest BCUT2D eigenvalue weighted by Crippen LogP contribution is -2.06. The van der Waals surface area contributed by atoms with Gasteiger partial charge in [0.2, 0.25) is 0 Å². The number of nitrogens with zero attached hydrogens (tertiary/aromatic N) is 4. The molecule has 0 fully saturated rings. The lowest BCUT2D eigenvalue weighted by Gasteiger charge is -2.12. The van der Waals surface area contributed by atoms with Crippen LogP contribution >= 0.6 is 0 Å². The first kappa shape index (κ1) is 26.9. The minimum Gasteiger partial charge on any atom is -0.478 e. The van der Waals surface area contributed by atoms with Gasteiger partial charge in [-0.3, -0.25) is 0 Å². The Kier molecular flexibility index (Phi) is 7.52. The molecule has 1 N–H and O–H groups in total. The molecule has 202 valence electrons. The Morgan fingerprint density at radius 2 is 1.80 bits per heavy atom. The van der Waals surface area contributed by atoms with E-state index in [-0.39, 0.29) is 5.57 Å². The van der Waals surface area contributed by atoms with E-state index in [0.29, 0.717) is 12.1 Å². The highest BCUT2D eigenvalue weighted by Crippen LogP contribution is 2.31. The van der Waals surface area contributed by atoms with Crippen molar-refractivity contribution in [2.45, 2.75) is 40.2 Å². The molecule has 0 radical (unpaired) electrons. The van der Waals surface area contributed by atoms with E-state index in [4.69, 9.17) is 9.97 Å². The third kappa shape index (κ3) is 4.89. The molecule has 5 aromatic rings. The SMILES string of the molecule is C=C/C(C(=O)O)=C(\C=C/C)c1ccc(Cn2c(CCC)nc3c(C)cc(-c4nc5ccccc5n4C)cc32)cc1. The van der Waals surface area contributed by atoms with Crippen LogP contribution in [0.2, 0.25) is 0 Å². The summed E-state index contributed by atoms with van der Waals surface area (Å²) in [7, 11) is 2.06. The maximum absolute atomic E-state index is 11.8. The van der Waals surface area contributed by atoms with E-state index in [1.54, 1.807) is 0 Å². The molecule has 5 rings (SSSR count). The highest BCUT2D eigenvalue weighted by Gasteiger charge is 2.17. The van der Waals surface area contributed by atoms with Crippen molar-refractivity contribution in [1.29, 1.82) is 0 Å². The van der Waals surface area contributed by atoms with Crippen molar-refractivity contribution < 1.29 is 9.90 Å². The van der Waals surface area contributed by atoms with Gasteiger partial charge < -0.3 is 14.2 Å². The van der Waals surface area contributed by atoms with Crippen molar-refractivity contribution in [3.63, 3.8) is 0 Å². The quantitative estimate of drug-likeness (QED) is 0.158. The molecule has 0 spiro atoms. The largest absolute Gasteiger partial charge is 0.478 e. The molecular formula is C34H34N4O2. The van der Waals surface area contributed by atoms with E-state index in [9.17, 15) is 9.90 Å².